The summed E-state index contributed by atoms with van der Waals surface area (Å²) >= 11 is 5.88. The fourth-order valence-electron chi connectivity index (χ4n) is 1.31. The number of nitrogens with one attached hydrogen (secondary N) is 1. The topological polar surface area (TPSA) is 55.4 Å². The van der Waals surface area contributed by atoms with Gasteiger partial charge in [-0.3, -0.25) is 9.59 Å². The second-order valence-electron chi connectivity index (χ2n) is 3.54. The molecule has 0 radical (unpaired) electrons. The molecule has 0 unspecified atom stereocenters. The van der Waals surface area contributed by atoms with Gasteiger partial charge in [0.2, 0.25) is 0 Å². The van der Waals surface area contributed by atoms with Gasteiger partial charge in [-0.05, 0) is 25.1 Å². The van der Waals surface area contributed by atoms with E-state index in [2.05, 4.69) is 10.1 Å². The Morgan fingerprint density at radius 1 is 1.35 bits per heavy atom. The zero-order chi connectivity index (χ0) is 12.8. The van der Waals surface area contributed by atoms with E-state index in [4.69, 9.17) is 11.6 Å². The first-order valence-electron chi connectivity index (χ1n) is 5.15. The average molecular weight is 256 g/mol. The zero-order valence-corrected chi connectivity index (χ0v) is 10.5. The number of hydrogen-bond acceptors (Lipinski definition) is 4. The van der Waals surface area contributed by atoms with Crippen molar-refractivity contribution in [1.29, 1.82) is 0 Å². The molecule has 0 aromatic heterocycles. The van der Waals surface area contributed by atoms with E-state index in [9.17, 15) is 9.59 Å². The SMILES string of the molecule is COC(=O)CCNc1cc(Cl)cc(C(C)=O)c1. The van der Waals surface area contributed by atoms with E-state index in [0.29, 0.717) is 22.8 Å². The van der Waals surface area contributed by atoms with Crippen molar-refractivity contribution < 1.29 is 14.3 Å². The van der Waals surface area contributed by atoms with Gasteiger partial charge in [0.05, 0.1) is 13.5 Å². The van der Waals surface area contributed by atoms with E-state index in [1.165, 1.54) is 14.0 Å². The molecule has 92 valence electrons. The van der Waals surface area contributed by atoms with Gasteiger partial charge in [0.15, 0.2) is 5.78 Å². The van der Waals surface area contributed by atoms with E-state index in [1.54, 1.807) is 18.2 Å². The van der Waals surface area contributed by atoms with E-state index < -0.39 is 0 Å². The fraction of sp³-hybridized carbons (Fsp3) is 0.333. The minimum atomic E-state index is -0.286. The van der Waals surface area contributed by atoms with Gasteiger partial charge in [0.25, 0.3) is 0 Å². The number of hydrogen-bond donors (Lipinski definition) is 1. The summed E-state index contributed by atoms with van der Waals surface area (Å²) in [6, 6.07) is 5.01. The number of ketones is 1. The summed E-state index contributed by atoms with van der Waals surface area (Å²) in [6.45, 7) is 1.91. The van der Waals surface area contributed by atoms with E-state index in [-0.39, 0.29) is 18.2 Å². The molecule has 1 aromatic carbocycles. The number of esters is 1. The van der Waals surface area contributed by atoms with E-state index in [0.717, 1.165) is 0 Å². The number of rotatable bonds is 5. The number of Topliss-reactive ketones (excluding diaryl/α,β-unsaturated/α-hetero) is 1. The lowest BCUT2D eigenvalue weighted by Crippen LogP contribution is -2.10. The summed E-state index contributed by atoms with van der Waals surface area (Å²) < 4.78 is 4.51. The molecule has 0 atom stereocenters. The van der Waals surface area contributed by atoms with Crippen LogP contribution in [0.5, 0.6) is 0 Å². The Kier molecular flexibility index (Phi) is 4.97. The van der Waals surface area contributed by atoms with Crippen molar-refractivity contribution in [2.75, 3.05) is 19.0 Å². The molecule has 0 aliphatic heterocycles. The van der Waals surface area contributed by atoms with Crippen LogP contribution in [-0.4, -0.2) is 25.4 Å². The number of methoxy groups -OCH3 is 1. The summed E-state index contributed by atoms with van der Waals surface area (Å²) in [5, 5.41) is 3.49. The smallest absolute Gasteiger partial charge is 0.307 e. The maximum absolute atomic E-state index is 11.2. The summed E-state index contributed by atoms with van der Waals surface area (Å²) in [6.07, 6.45) is 0.262. The second-order valence-corrected chi connectivity index (χ2v) is 3.97. The Bertz CT molecular complexity index is 432. The molecule has 0 spiro atoms. The fourth-order valence-corrected chi connectivity index (χ4v) is 1.54. The predicted octanol–water partition coefficient (Wildman–Crippen LogP) is 2.52. The Morgan fingerprint density at radius 3 is 2.65 bits per heavy atom. The van der Waals surface area contributed by atoms with Crippen molar-refractivity contribution in [3.63, 3.8) is 0 Å². The van der Waals surface area contributed by atoms with Crippen molar-refractivity contribution in [3.8, 4) is 0 Å². The molecule has 0 saturated carbocycles. The van der Waals surface area contributed by atoms with Crippen molar-refractivity contribution in [2.45, 2.75) is 13.3 Å². The van der Waals surface area contributed by atoms with Gasteiger partial charge in [0.1, 0.15) is 0 Å². The highest BCUT2D eigenvalue weighted by Crippen LogP contribution is 2.19. The molecular formula is C12H14ClNO3. The number of carbonyl (C=O) groups excluding carboxylic acids is 2. The van der Waals surface area contributed by atoms with Crippen LogP contribution < -0.4 is 5.32 Å². The standard InChI is InChI=1S/C12H14ClNO3/c1-8(15)9-5-10(13)7-11(6-9)14-4-3-12(16)17-2/h5-7,14H,3-4H2,1-2H3. The lowest BCUT2D eigenvalue weighted by molar-refractivity contribution is -0.140. The molecule has 0 aliphatic rings. The summed E-state index contributed by atoms with van der Waals surface area (Å²) in [5.41, 5.74) is 1.25. The van der Waals surface area contributed by atoms with Crippen molar-refractivity contribution >= 4 is 29.0 Å². The summed E-state index contributed by atoms with van der Waals surface area (Å²) in [7, 11) is 1.34. The van der Waals surface area contributed by atoms with Crippen molar-refractivity contribution in [3.05, 3.63) is 28.8 Å². The van der Waals surface area contributed by atoms with Crippen LogP contribution in [0.2, 0.25) is 5.02 Å². The lowest BCUT2D eigenvalue weighted by atomic mass is 10.1. The van der Waals surface area contributed by atoms with Crippen LogP contribution in [0, 0.1) is 0 Å². The first-order valence-corrected chi connectivity index (χ1v) is 5.53. The number of anilines is 1. The molecule has 0 bridgehead atoms. The molecule has 5 heteroatoms. The minimum Gasteiger partial charge on any atom is -0.469 e. The van der Waals surface area contributed by atoms with Crippen LogP contribution in [0.25, 0.3) is 0 Å². The van der Waals surface area contributed by atoms with Crippen LogP contribution in [-0.2, 0) is 9.53 Å². The molecule has 0 fully saturated rings. The average Bonchev–Trinajstić information content (AvgIpc) is 2.28. The van der Waals surface area contributed by atoms with Gasteiger partial charge in [-0.1, -0.05) is 11.6 Å². The molecule has 0 aliphatic carbocycles. The Labute approximate surface area is 105 Å². The number of benzene rings is 1. The molecule has 0 heterocycles. The first-order chi connectivity index (χ1) is 8.02. The monoisotopic (exact) mass is 255 g/mol. The maximum Gasteiger partial charge on any atom is 0.307 e. The quantitative estimate of drug-likeness (QED) is 0.649. The molecule has 1 aromatic rings. The number of halogens is 1. The van der Waals surface area contributed by atoms with Crippen LogP contribution in [0.3, 0.4) is 0 Å². The highest BCUT2D eigenvalue weighted by atomic mass is 35.5. The predicted molar refractivity (Wildman–Crippen MR) is 66.6 cm³/mol. The largest absolute Gasteiger partial charge is 0.469 e. The third-order valence-corrected chi connectivity index (χ3v) is 2.41. The zero-order valence-electron chi connectivity index (χ0n) is 9.75. The first kappa shape index (κ1) is 13.5. The van der Waals surface area contributed by atoms with Gasteiger partial charge >= 0.3 is 5.97 Å². The van der Waals surface area contributed by atoms with Crippen molar-refractivity contribution in [2.24, 2.45) is 0 Å². The van der Waals surface area contributed by atoms with Gasteiger partial charge < -0.3 is 10.1 Å². The van der Waals surface area contributed by atoms with Crippen molar-refractivity contribution in [1.82, 2.24) is 0 Å². The molecular weight excluding hydrogens is 242 g/mol. The number of ether oxygens (including phenoxy) is 1. The van der Waals surface area contributed by atoms with E-state index >= 15 is 0 Å². The Balaban J connectivity index is 2.65. The maximum atomic E-state index is 11.2. The van der Waals surface area contributed by atoms with Crippen LogP contribution in [0.1, 0.15) is 23.7 Å². The Hall–Kier alpha value is -1.55. The third-order valence-electron chi connectivity index (χ3n) is 2.19. The number of carbonyl (C=O) groups is 2. The highest BCUT2D eigenvalue weighted by molar-refractivity contribution is 6.31. The minimum absolute atomic E-state index is 0.0523. The van der Waals surface area contributed by atoms with Crippen LogP contribution in [0.4, 0.5) is 5.69 Å². The van der Waals surface area contributed by atoms with Gasteiger partial charge in [-0.25, -0.2) is 0 Å². The second kappa shape index (κ2) is 6.25. The highest BCUT2D eigenvalue weighted by Gasteiger charge is 2.04. The molecule has 0 saturated heterocycles. The normalized spacial score (nSPS) is 9.82. The summed E-state index contributed by atoms with van der Waals surface area (Å²) in [4.78, 5) is 22.1. The van der Waals surface area contributed by atoms with Gasteiger partial charge in [0, 0.05) is 22.8 Å². The molecule has 4 nitrogen and oxygen atoms in total. The summed E-state index contributed by atoms with van der Waals surface area (Å²) in [5.74, 6) is -0.338. The molecule has 0 amide bonds. The molecule has 17 heavy (non-hydrogen) atoms. The Morgan fingerprint density at radius 2 is 2.06 bits per heavy atom. The van der Waals surface area contributed by atoms with Gasteiger partial charge in [-0.15, -0.1) is 0 Å². The third kappa shape index (κ3) is 4.44. The molecule has 1 rings (SSSR count). The van der Waals surface area contributed by atoms with Crippen LogP contribution >= 0.6 is 11.6 Å². The lowest BCUT2D eigenvalue weighted by Gasteiger charge is -2.07. The van der Waals surface area contributed by atoms with Gasteiger partial charge in [-0.2, -0.15) is 0 Å². The van der Waals surface area contributed by atoms with Crippen LogP contribution in [0.15, 0.2) is 18.2 Å². The molecule has 1 N–H and O–H groups in total. The van der Waals surface area contributed by atoms with E-state index in [1.807, 2.05) is 0 Å².